The van der Waals surface area contributed by atoms with Crippen molar-refractivity contribution in [3.05, 3.63) is 39.6 Å². The maximum Gasteiger partial charge on any atom is 0.354 e. The van der Waals surface area contributed by atoms with E-state index in [1.165, 1.54) is 12.0 Å². The predicted octanol–water partition coefficient (Wildman–Crippen LogP) is 1.86. The second-order valence-electron chi connectivity index (χ2n) is 3.85. The van der Waals surface area contributed by atoms with Crippen LogP contribution in [0.15, 0.2) is 17.6 Å². The van der Waals surface area contributed by atoms with Gasteiger partial charge in [-0.15, -0.1) is 11.3 Å². The van der Waals surface area contributed by atoms with Gasteiger partial charge in [0.05, 0.1) is 18.3 Å². The largest absolute Gasteiger partial charge is 0.464 e. The Hall–Kier alpha value is -1.66. The molecule has 0 aliphatic rings. The van der Waals surface area contributed by atoms with Crippen molar-refractivity contribution in [2.45, 2.75) is 20.0 Å². The SMILES string of the molecule is COC(=O)c1ccc(CNCc2scnc2C)[nH]1. The van der Waals surface area contributed by atoms with Crippen molar-refractivity contribution < 1.29 is 9.53 Å². The monoisotopic (exact) mass is 265 g/mol. The van der Waals surface area contributed by atoms with Crippen LogP contribution in [0.2, 0.25) is 0 Å². The Morgan fingerprint density at radius 1 is 1.50 bits per heavy atom. The highest BCUT2D eigenvalue weighted by Crippen LogP contribution is 2.11. The molecule has 2 heterocycles. The van der Waals surface area contributed by atoms with Crippen molar-refractivity contribution >= 4 is 17.3 Å². The molecule has 2 N–H and O–H groups in total. The van der Waals surface area contributed by atoms with Gasteiger partial charge in [-0.2, -0.15) is 0 Å². The number of H-pyrrole nitrogens is 1. The van der Waals surface area contributed by atoms with Gasteiger partial charge in [0.25, 0.3) is 0 Å². The normalized spacial score (nSPS) is 10.6. The Kier molecular flexibility index (Phi) is 4.11. The van der Waals surface area contributed by atoms with E-state index in [2.05, 4.69) is 20.0 Å². The number of methoxy groups -OCH3 is 1. The zero-order chi connectivity index (χ0) is 13.0. The fourth-order valence-corrected chi connectivity index (χ4v) is 2.33. The maximum absolute atomic E-state index is 11.3. The lowest BCUT2D eigenvalue weighted by molar-refractivity contribution is 0.0594. The zero-order valence-corrected chi connectivity index (χ0v) is 11.1. The summed E-state index contributed by atoms with van der Waals surface area (Å²) in [5, 5.41) is 3.30. The lowest BCUT2D eigenvalue weighted by Gasteiger charge is -2.02. The number of ether oxygens (including phenoxy) is 1. The summed E-state index contributed by atoms with van der Waals surface area (Å²) in [6.07, 6.45) is 0. The second-order valence-corrected chi connectivity index (χ2v) is 4.79. The Morgan fingerprint density at radius 2 is 2.33 bits per heavy atom. The van der Waals surface area contributed by atoms with Gasteiger partial charge >= 0.3 is 5.97 Å². The van der Waals surface area contributed by atoms with Crippen LogP contribution in [-0.2, 0) is 17.8 Å². The van der Waals surface area contributed by atoms with E-state index in [0.29, 0.717) is 12.2 Å². The van der Waals surface area contributed by atoms with Crippen LogP contribution in [0.5, 0.6) is 0 Å². The predicted molar refractivity (Wildman–Crippen MR) is 69.5 cm³/mol. The van der Waals surface area contributed by atoms with Crippen LogP contribution in [0.3, 0.4) is 0 Å². The summed E-state index contributed by atoms with van der Waals surface area (Å²) in [5.74, 6) is -0.348. The molecule has 0 amide bonds. The first-order chi connectivity index (χ1) is 8.70. The van der Waals surface area contributed by atoms with Crippen LogP contribution in [0.4, 0.5) is 0 Å². The molecule has 6 heteroatoms. The van der Waals surface area contributed by atoms with Crippen molar-refractivity contribution in [3.8, 4) is 0 Å². The van der Waals surface area contributed by atoms with Crippen LogP contribution in [0.25, 0.3) is 0 Å². The van der Waals surface area contributed by atoms with E-state index in [1.807, 2.05) is 18.5 Å². The molecular formula is C12H15N3O2S. The molecule has 2 rings (SSSR count). The van der Waals surface area contributed by atoms with Gasteiger partial charge in [-0.25, -0.2) is 9.78 Å². The number of hydrogen-bond acceptors (Lipinski definition) is 5. The number of nitrogens with one attached hydrogen (secondary N) is 2. The van der Waals surface area contributed by atoms with Gasteiger partial charge in [-0.3, -0.25) is 0 Å². The number of hydrogen-bond donors (Lipinski definition) is 2. The summed E-state index contributed by atoms with van der Waals surface area (Å²) in [4.78, 5) is 19.7. The van der Waals surface area contributed by atoms with Gasteiger partial charge in [0.2, 0.25) is 0 Å². The molecule has 0 aliphatic carbocycles. The number of aromatic amines is 1. The lowest BCUT2D eigenvalue weighted by Crippen LogP contribution is -2.13. The minimum Gasteiger partial charge on any atom is -0.464 e. The van der Waals surface area contributed by atoms with E-state index < -0.39 is 0 Å². The molecule has 0 atom stereocenters. The zero-order valence-electron chi connectivity index (χ0n) is 10.3. The Labute approximate surface area is 109 Å². The van der Waals surface area contributed by atoms with Gasteiger partial charge in [-0.1, -0.05) is 0 Å². The minimum absolute atomic E-state index is 0.348. The van der Waals surface area contributed by atoms with Crippen molar-refractivity contribution in [1.29, 1.82) is 0 Å². The van der Waals surface area contributed by atoms with Crippen LogP contribution in [-0.4, -0.2) is 23.0 Å². The molecule has 0 radical (unpaired) electrons. The summed E-state index contributed by atoms with van der Waals surface area (Å²) >= 11 is 1.64. The summed E-state index contributed by atoms with van der Waals surface area (Å²) in [5.41, 5.74) is 4.34. The quantitative estimate of drug-likeness (QED) is 0.810. The van der Waals surface area contributed by atoms with Crippen LogP contribution in [0.1, 0.15) is 26.8 Å². The number of rotatable bonds is 5. The van der Waals surface area contributed by atoms with Crippen LogP contribution < -0.4 is 5.32 Å². The maximum atomic E-state index is 11.3. The molecule has 0 aliphatic heterocycles. The van der Waals surface area contributed by atoms with Crippen LogP contribution in [0, 0.1) is 6.92 Å². The number of thiazole rings is 1. The Morgan fingerprint density at radius 3 is 3.00 bits per heavy atom. The molecule has 5 nitrogen and oxygen atoms in total. The Bertz CT molecular complexity index is 533. The first kappa shape index (κ1) is 12.8. The van der Waals surface area contributed by atoms with Crippen molar-refractivity contribution in [2.24, 2.45) is 0 Å². The summed E-state index contributed by atoms with van der Waals surface area (Å²) in [6, 6.07) is 3.60. The molecular weight excluding hydrogens is 250 g/mol. The van der Waals surface area contributed by atoms with E-state index >= 15 is 0 Å². The average Bonchev–Trinajstić information content (AvgIpc) is 2.99. The highest BCUT2D eigenvalue weighted by atomic mass is 32.1. The molecule has 2 aromatic heterocycles. The lowest BCUT2D eigenvalue weighted by atomic mass is 10.3. The van der Waals surface area contributed by atoms with Crippen molar-refractivity contribution in [3.63, 3.8) is 0 Å². The van der Waals surface area contributed by atoms with Gasteiger partial charge in [0.1, 0.15) is 5.69 Å². The van der Waals surface area contributed by atoms with Gasteiger partial charge in [0, 0.05) is 23.7 Å². The highest BCUT2D eigenvalue weighted by Gasteiger charge is 2.07. The molecule has 0 saturated carbocycles. The van der Waals surface area contributed by atoms with Crippen molar-refractivity contribution in [2.75, 3.05) is 7.11 Å². The Balaban J connectivity index is 1.85. The molecule has 0 bridgehead atoms. The summed E-state index contributed by atoms with van der Waals surface area (Å²) < 4.78 is 4.63. The number of carbonyl (C=O) groups is 1. The van der Waals surface area contributed by atoms with Crippen molar-refractivity contribution in [1.82, 2.24) is 15.3 Å². The number of aryl methyl sites for hydroxylation is 1. The van der Waals surface area contributed by atoms with Crippen LogP contribution >= 0.6 is 11.3 Å². The third-order valence-corrected chi connectivity index (χ3v) is 3.53. The molecule has 0 spiro atoms. The second kappa shape index (κ2) is 5.79. The van der Waals surface area contributed by atoms with Gasteiger partial charge in [-0.05, 0) is 19.1 Å². The number of aromatic nitrogens is 2. The molecule has 0 unspecified atom stereocenters. The smallest absolute Gasteiger partial charge is 0.354 e. The van der Waals surface area contributed by atoms with E-state index in [0.717, 1.165) is 17.9 Å². The number of esters is 1. The van der Waals surface area contributed by atoms with E-state index in [4.69, 9.17) is 0 Å². The highest BCUT2D eigenvalue weighted by molar-refractivity contribution is 7.09. The molecule has 2 aromatic rings. The van der Waals surface area contributed by atoms with E-state index in [9.17, 15) is 4.79 Å². The minimum atomic E-state index is -0.348. The third kappa shape index (κ3) is 2.96. The number of carbonyl (C=O) groups excluding carboxylic acids is 1. The van der Waals surface area contributed by atoms with E-state index in [1.54, 1.807) is 17.4 Å². The molecule has 96 valence electrons. The molecule has 0 saturated heterocycles. The molecule has 0 fully saturated rings. The first-order valence-corrected chi connectivity index (χ1v) is 6.44. The molecule has 18 heavy (non-hydrogen) atoms. The molecule has 0 aromatic carbocycles. The summed E-state index contributed by atoms with van der Waals surface area (Å²) in [7, 11) is 1.37. The van der Waals surface area contributed by atoms with Gasteiger partial charge in [0.15, 0.2) is 0 Å². The fourth-order valence-electron chi connectivity index (χ4n) is 1.58. The van der Waals surface area contributed by atoms with Gasteiger partial charge < -0.3 is 15.0 Å². The summed E-state index contributed by atoms with van der Waals surface area (Å²) in [6.45, 7) is 3.45. The van der Waals surface area contributed by atoms with E-state index in [-0.39, 0.29) is 5.97 Å². The first-order valence-electron chi connectivity index (χ1n) is 5.56. The fraction of sp³-hybridized carbons (Fsp3) is 0.333. The third-order valence-electron chi connectivity index (χ3n) is 2.60. The average molecular weight is 265 g/mol. The topological polar surface area (TPSA) is 67.0 Å². The standard InChI is InChI=1S/C12H15N3O2S/c1-8-11(18-7-14-8)6-13-5-9-3-4-10(15-9)12(16)17-2/h3-4,7,13,15H,5-6H2,1-2H3. The number of nitrogens with zero attached hydrogens (tertiary/aromatic N) is 1.